The maximum absolute atomic E-state index is 13.0. The van der Waals surface area contributed by atoms with Crippen molar-refractivity contribution in [3.05, 3.63) is 48.6 Å². The van der Waals surface area contributed by atoms with Crippen LogP contribution < -0.4 is 10.2 Å². The number of aliphatic hydroxyl groups excluding tert-OH is 1. The van der Waals surface area contributed by atoms with Gasteiger partial charge in [0, 0.05) is 6.42 Å². The van der Waals surface area contributed by atoms with Crippen LogP contribution in [0, 0.1) is 0 Å². The van der Waals surface area contributed by atoms with Gasteiger partial charge in [0.15, 0.2) is 0 Å². The van der Waals surface area contributed by atoms with Crippen molar-refractivity contribution in [3.63, 3.8) is 0 Å². The summed E-state index contributed by atoms with van der Waals surface area (Å²) in [6.07, 6.45) is 72.0. The molecular formula is C63H121N2O6P. The van der Waals surface area contributed by atoms with Crippen LogP contribution in [0.2, 0.25) is 0 Å². The van der Waals surface area contributed by atoms with E-state index in [1.54, 1.807) is 6.08 Å². The number of hydrogen-bond acceptors (Lipinski definition) is 6. The number of carbonyl (C=O) groups excluding carboxylic acids is 1. The number of likely N-dealkylation sites (N-methyl/N-ethyl adjacent to an activating group) is 1. The molecule has 424 valence electrons. The zero-order valence-corrected chi connectivity index (χ0v) is 49.3. The molecule has 0 radical (unpaired) electrons. The first-order chi connectivity index (χ1) is 35.0. The van der Waals surface area contributed by atoms with Crippen LogP contribution in [0.3, 0.4) is 0 Å². The summed E-state index contributed by atoms with van der Waals surface area (Å²) < 4.78 is 23.4. The lowest BCUT2D eigenvalue weighted by Crippen LogP contribution is -2.45. The maximum atomic E-state index is 13.0. The zero-order chi connectivity index (χ0) is 52.7. The fourth-order valence-electron chi connectivity index (χ4n) is 9.14. The molecule has 0 rings (SSSR count). The molecule has 0 aromatic heterocycles. The molecule has 0 aromatic carbocycles. The highest BCUT2D eigenvalue weighted by atomic mass is 31.2. The Hall–Kier alpha value is -1.54. The van der Waals surface area contributed by atoms with Crippen LogP contribution in [0.4, 0.5) is 0 Å². The molecule has 9 heteroatoms. The second-order valence-corrected chi connectivity index (χ2v) is 23.8. The van der Waals surface area contributed by atoms with E-state index in [9.17, 15) is 19.4 Å². The van der Waals surface area contributed by atoms with Gasteiger partial charge in [0.25, 0.3) is 7.82 Å². The Bertz CT molecular complexity index is 1310. The first-order valence-corrected chi connectivity index (χ1v) is 32.5. The third-order valence-corrected chi connectivity index (χ3v) is 15.0. The first-order valence-electron chi connectivity index (χ1n) is 31.0. The minimum atomic E-state index is -4.61. The number of allylic oxidation sites excluding steroid dienone is 7. The molecule has 0 aliphatic rings. The third kappa shape index (κ3) is 56.2. The van der Waals surface area contributed by atoms with Crippen LogP contribution >= 0.6 is 7.82 Å². The fraction of sp³-hybridized carbons (Fsp3) is 0.857. The first kappa shape index (κ1) is 70.5. The number of phosphoric ester groups is 1. The molecule has 3 atom stereocenters. The number of unbranched alkanes of at least 4 members (excludes halogenated alkanes) is 38. The summed E-state index contributed by atoms with van der Waals surface area (Å²) in [5.41, 5.74) is 0. The molecule has 2 N–H and O–H groups in total. The highest BCUT2D eigenvalue weighted by molar-refractivity contribution is 7.45. The monoisotopic (exact) mass is 1030 g/mol. The summed E-state index contributed by atoms with van der Waals surface area (Å²) >= 11 is 0. The molecule has 0 saturated heterocycles. The summed E-state index contributed by atoms with van der Waals surface area (Å²) in [4.78, 5) is 25.5. The van der Waals surface area contributed by atoms with Gasteiger partial charge in [-0.3, -0.25) is 9.36 Å². The third-order valence-electron chi connectivity index (χ3n) is 14.0. The van der Waals surface area contributed by atoms with Gasteiger partial charge in [0.2, 0.25) is 5.91 Å². The Morgan fingerprint density at radius 2 is 0.819 bits per heavy atom. The molecule has 72 heavy (non-hydrogen) atoms. The minimum Gasteiger partial charge on any atom is -0.756 e. The summed E-state index contributed by atoms with van der Waals surface area (Å²) in [6, 6.07) is -0.906. The van der Waals surface area contributed by atoms with Crippen LogP contribution in [0.25, 0.3) is 0 Å². The largest absolute Gasteiger partial charge is 0.756 e. The molecule has 0 bridgehead atoms. The predicted octanol–water partition coefficient (Wildman–Crippen LogP) is 18.5. The van der Waals surface area contributed by atoms with Crippen LogP contribution in [-0.4, -0.2) is 68.5 Å². The Morgan fingerprint density at radius 1 is 0.486 bits per heavy atom. The molecule has 1 amide bonds. The Labute approximate surface area is 448 Å². The molecule has 0 aliphatic heterocycles. The minimum absolute atomic E-state index is 0.00706. The molecular weight excluding hydrogens is 912 g/mol. The van der Waals surface area contributed by atoms with Gasteiger partial charge in [-0.05, 0) is 64.2 Å². The molecule has 0 saturated carbocycles. The van der Waals surface area contributed by atoms with Crippen molar-refractivity contribution < 1.29 is 32.9 Å². The van der Waals surface area contributed by atoms with E-state index in [2.05, 4.69) is 55.6 Å². The lowest BCUT2D eigenvalue weighted by Gasteiger charge is -2.29. The lowest BCUT2D eigenvalue weighted by molar-refractivity contribution is -0.870. The number of carbonyl (C=O) groups is 1. The Balaban J connectivity index is 4.20. The van der Waals surface area contributed by atoms with Gasteiger partial charge in [-0.15, -0.1) is 0 Å². The topological polar surface area (TPSA) is 108 Å². The van der Waals surface area contributed by atoms with Crippen molar-refractivity contribution in [2.24, 2.45) is 0 Å². The molecule has 0 heterocycles. The van der Waals surface area contributed by atoms with Gasteiger partial charge in [-0.2, -0.15) is 0 Å². The van der Waals surface area contributed by atoms with Crippen molar-refractivity contribution in [2.75, 3.05) is 40.9 Å². The van der Waals surface area contributed by atoms with Gasteiger partial charge < -0.3 is 28.8 Å². The van der Waals surface area contributed by atoms with E-state index >= 15 is 0 Å². The van der Waals surface area contributed by atoms with Gasteiger partial charge >= 0.3 is 0 Å². The number of phosphoric acid groups is 1. The van der Waals surface area contributed by atoms with E-state index < -0.39 is 26.6 Å². The van der Waals surface area contributed by atoms with Gasteiger partial charge in [-0.25, -0.2) is 0 Å². The summed E-state index contributed by atoms with van der Waals surface area (Å²) in [5, 5.41) is 13.9. The number of nitrogens with one attached hydrogen (secondary N) is 1. The van der Waals surface area contributed by atoms with Crippen molar-refractivity contribution >= 4 is 13.7 Å². The van der Waals surface area contributed by atoms with Crippen molar-refractivity contribution in [1.82, 2.24) is 5.32 Å². The Kier molecular flexibility index (Phi) is 53.1. The fourth-order valence-corrected chi connectivity index (χ4v) is 9.87. The van der Waals surface area contributed by atoms with E-state index in [4.69, 9.17) is 9.05 Å². The van der Waals surface area contributed by atoms with Crippen molar-refractivity contribution in [2.45, 2.75) is 309 Å². The van der Waals surface area contributed by atoms with Gasteiger partial charge in [-0.1, -0.05) is 274 Å². The van der Waals surface area contributed by atoms with E-state index in [0.29, 0.717) is 17.4 Å². The number of quaternary nitrogens is 1. The van der Waals surface area contributed by atoms with Gasteiger partial charge in [0.05, 0.1) is 39.9 Å². The highest BCUT2D eigenvalue weighted by Gasteiger charge is 2.23. The normalized spacial score (nSPS) is 14.2. The molecule has 0 aliphatic carbocycles. The van der Waals surface area contributed by atoms with E-state index in [-0.39, 0.29) is 12.5 Å². The van der Waals surface area contributed by atoms with Crippen molar-refractivity contribution in [3.8, 4) is 0 Å². The average Bonchev–Trinajstić information content (AvgIpc) is 3.34. The lowest BCUT2D eigenvalue weighted by atomic mass is 10.0. The predicted molar refractivity (Wildman–Crippen MR) is 311 cm³/mol. The van der Waals surface area contributed by atoms with E-state index in [1.807, 2.05) is 27.2 Å². The van der Waals surface area contributed by atoms with E-state index in [0.717, 1.165) is 44.9 Å². The average molecular weight is 1030 g/mol. The molecule has 3 unspecified atom stereocenters. The SMILES string of the molecule is CCCCCCC/C=C\C/C=C\CCCCCCCCCCCCCC(=O)NC(COP(=O)([O-])OCC[N+](C)(C)C)C(O)/C=C/CC/C=C/CCCCCCCCCCCCCCCCCCCCCCC. The number of amides is 1. The molecule has 0 aromatic rings. The number of aliphatic hydroxyl groups is 1. The maximum Gasteiger partial charge on any atom is 0.268 e. The molecule has 0 fully saturated rings. The van der Waals surface area contributed by atoms with Crippen molar-refractivity contribution in [1.29, 1.82) is 0 Å². The summed E-state index contributed by atoms with van der Waals surface area (Å²) in [7, 11) is 1.25. The van der Waals surface area contributed by atoms with Crippen LogP contribution in [0.15, 0.2) is 48.6 Å². The van der Waals surface area contributed by atoms with Gasteiger partial charge in [0.1, 0.15) is 13.2 Å². The summed E-state index contributed by atoms with van der Waals surface area (Å²) in [5.74, 6) is -0.207. The number of rotatable bonds is 57. The Morgan fingerprint density at radius 3 is 1.21 bits per heavy atom. The smallest absolute Gasteiger partial charge is 0.268 e. The standard InChI is InChI=1S/C63H121N2O6P/c1-6-8-10-12-14-16-18-20-22-24-26-28-30-31-32-33-35-36-38-40-42-44-46-48-50-52-54-56-62(66)61(60-71-72(68,69)70-59-58-65(3,4)5)64-63(67)57-55-53-51-49-47-45-43-41-39-37-34-29-27-25-23-21-19-17-15-13-11-9-7-2/h19,21,25,27,46,48,54,56,61-62,66H,6-18,20,22-24,26,28-45,47,49-53,55,57-60H2,1-5H3,(H-,64,67,68,69)/b21-19-,27-25-,48-46+,56-54+. The van der Waals surface area contributed by atoms with Crippen LogP contribution in [0.1, 0.15) is 296 Å². The second kappa shape index (κ2) is 54.3. The molecule has 0 spiro atoms. The zero-order valence-electron chi connectivity index (χ0n) is 48.4. The highest BCUT2D eigenvalue weighted by Crippen LogP contribution is 2.38. The number of nitrogens with zero attached hydrogens (tertiary/aromatic N) is 1. The van der Waals surface area contributed by atoms with Crippen LogP contribution in [0.5, 0.6) is 0 Å². The molecule has 8 nitrogen and oxygen atoms in total. The second-order valence-electron chi connectivity index (χ2n) is 22.4. The number of hydrogen-bond donors (Lipinski definition) is 2. The van der Waals surface area contributed by atoms with Crippen LogP contribution in [-0.2, 0) is 18.4 Å². The quantitative estimate of drug-likeness (QED) is 0.0272. The summed E-state index contributed by atoms with van der Waals surface area (Å²) in [6.45, 7) is 4.65. The van der Waals surface area contributed by atoms with E-state index in [1.165, 1.54) is 231 Å².